The zero-order valence-corrected chi connectivity index (χ0v) is 12.8. The Labute approximate surface area is 124 Å². The van der Waals surface area contributed by atoms with E-state index in [1.165, 1.54) is 0 Å². The van der Waals surface area contributed by atoms with Crippen LogP contribution in [0.4, 0.5) is 8.78 Å². The Morgan fingerprint density at radius 2 is 2.15 bits per heavy atom. The quantitative estimate of drug-likeness (QED) is 0.818. The van der Waals surface area contributed by atoms with Crippen LogP contribution in [0.1, 0.15) is 17.5 Å². The van der Waals surface area contributed by atoms with Crippen LogP contribution in [0.25, 0.3) is 0 Å². The number of carbonyl (C=O) groups is 1. The van der Waals surface area contributed by atoms with E-state index in [1.807, 2.05) is 0 Å². The van der Waals surface area contributed by atoms with Crippen LogP contribution in [0.3, 0.4) is 0 Å². The predicted octanol–water partition coefficient (Wildman–Crippen LogP) is 3.27. The Morgan fingerprint density at radius 1 is 1.50 bits per heavy atom. The van der Waals surface area contributed by atoms with Crippen molar-refractivity contribution < 1.29 is 23.4 Å². The molecule has 1 aromatic carbocycles. The average molecular weight is 352 g/mol. The van der Waals surface area contributed by atoms with E-state index in [1.54, 1.807) is 31.0 Å². The van der Waals surface area contributed by atoms with Gasteiger partial charge in [-0.25, -0.2) is 0 Å². The monoisotopic (exact) mass is 351 g/mol. The lowest BCUT2D eigenvalue weighted by Gasteiger charge is -2.19. The van der Waals surface area contributed by atoms with E-state index < -0.39 is 12.6 Å². The highest BCUT2D eigenvalue weighted by molar-refractivity contribution is 9.10. The molecule has 0 unspecified atom stereocenters. The van der Waals surface area contributed by atoms with Gasteiger partial charge in [0.25, 0.3) is 0 Å². The molecule has 1 N–H and O–H groups in total. The van der Waals surface area contributed by atoms with Crippen molar-refractivity contribution in [3.05, 3.63) is 27.7 Å². The second-order valence-corrected chi connectivity index (χ2v) is 5.39. The van der Waals surface area contributed by atoms with Crippen molar-refractivity contribution >= 4 is 21.9 Å². The van der Waals surface area contributed by atoms with Crippen LogP contribution in [0.15, 0.2) is 16.6 Å². The van der Waals surface area contributed by atoms with Crippen LogP contribution in [-0.4, -0.2) is 36.2 Å². The minimum Gasteiger partial charge on any atom is -0.481 e. The molecule has 0 saturated carbocycles. The number of carboxylic acids is 1. The summed E-state index contributed by atoms with van der Waals surface area (Å²) in [7, 11) is 1.73. The topological polar surface area (TPSA) is 49.8 Å². The number of rotatable bonds is 7. The molecule has 0 aliphatic heterocycles. The van der Waals surface area contributed by atoms with E-state index >= 15 is 0 Å². The summed E-state index contributed by atoms with van der Waals surface area (Å²) in [5.74, 6) is -0.753. The number of hydrogen-bond donors (Lipinski definition) is 1. The first-order chi connectivity index (χ1) is 9.29. The van der Waals surface area contributed by atoms with Crippen molar-refractivity contribution in [3.8, 4) is 5.75 Å². The van der Waals surface area contributed by atoms with Gasteiger partial charge in [-0.2, -0.15) is 8.78 Å². The number of aryl methyl sites for hydroxylation is 1. The Bertz CT molecular complexity index is 483. The van der Waals surface area contributed by atoms with E-state index in [2.05, 4.69) is 20.7 Å². The maximum atomic E-state index is 12.4. The van der Waals surface area contributed by atoms with Crippen molar-refractivity contribution in [1.29, 1.82) is 0 Å². The molecule has 0 fully saturated rings. The molecular formula is C13H16BrF2NO3. The number of halogens is 3. The Morgan fingerprint density at radius 3 is 2.70 bits per heavy atom. The van der Waals surface area contributed by atoms with Gasteiger partial charge in [0, 0.05) is 23.1 Å². The average Bonchev–Trinajstić information content (AvgIpc) is 2.30. The number of benzene rings is 1. The Hall–Kier alpha value is -1.21. The minimum atomic E-state index is -2.89. The first-order valence-electron chi connectivity index (χ1n) is 5.93. The molecule has 7 heteroatoms. The maximum Gasteiger partial charge on any atom is 0.387 e. The molecule has 0 atom stereocenters. The van der Waals surface area contributed by atoms with Crippen molar-refractivity contribution in [2.45, 2.75) is 26.5 Å². The summed E-state index contributed by atoms with van der Waals surface area (Å²) in [6.07, 6.45) is -0.00543. The predicted molar refractivity (Wildman–Crippen MR) is 74.1 cm³/mol. The zero-order chi connectivity index (χ0) is 15.3. The molecule has 0 spiro atoms. The third kappa shape index (κ3) is 5.42. The van der Waals surface area contributed by atoms with Crippen LogP contribution in [0, 0.1) is 6.92 Å². The molecule has 0 heterocycles. The van der Waals surface area contributed by atoms with Gasteiger partial charge >= 0.3 is 12.6 Å². The van der Waals surface area contributed by atoms with E-state index in [0.29, 0.717) is 24.2 Å². The largest absolute Gasteiger partial charge is 0.481 e. The summed E-state index contributed by atoms with van der Waals surface area (Å²) in [5, 5.41) is 8.63. The fourth-order valence-electron chi connectivity index (χ4n) is 1.83. The van der Waals surface area contributed by atoms with Crippen LogP contribution in [0.2, 0.25) is 0 Å². The van der Waals surface area contributed by atoms with Crippen molar-refractivity contribution in [2.24, 2.45) is 0 Å². The molecule has 0 aromatic heterocycles. The summed E-state index contributed by atoms with van der Waals surface area (Å²) < 4.78 is 30.2. The molecule has 112 valence electrons. The lowest BCUT2D eigenvalue weighted by Crippen LogP contribution is -2.22. The molecule has 0 aliphatic carbocycles. The second-order valence-electron chi connectivity index (χ2n) is 4.47. The molecule has 0 radical (unpaired) electrons. The highest BCUT2D eigenvalue weighted by atomic mass is 79.9. The van der Waals surface area contributed by atoms with Gasteiger partial charge in [0.1, 0.15) is 5.75 Å². The maximum absolute atomic E-state index is 12.4. The van der Waals surface area contributed by atoms with E-state index in [-0.39, 0.29) is 12.2 Å². The fourth-order valence-corrected chi connectivity index (χ4v) is 2.45. The number of ether oxygens (including phenoxy) is 1. The van der Waals surface area contributed by atoms with Gasteiger partial charge in [-0.05, 0) is 31.7 Å². The molecule has 0 saturated heterocycles. The highest BCUT2D eigenvalue weighted by Gasteiger charge is 2.15. The molecule has 0 aliphatic rings. The van der Waals surface area contributed by atoms with Crippen LogP contribution >= 0.6 is 15.9 Å². The molecule has 1 aromatic rings. The molecule has 20 heavy (non-hydrogen) atoms. The summed E-state index contributed by atoms with van der Waals surface area (Å²) in [6, 6.07) is 3.39. The SMILES string of the molecule is Cc1cc(Br)cc(CN(C)CCC(=O)O)c1OC(F)F. The number of aliphatic carboxylic acids is 1. The Kier molecular flexibility index (Phi) is 6.35. The number of carboxylic acid groups (broad SMARTS) is 1. The zero-order valence-electron chi connectivity index (χ0n) is 11.2. The first-order valence-corrected chi connectivity index (χ1v) is 6.73. The third-order valence-electron chi connectivity index (χ3n) is 2.67. The molecule has 0 amide bonds. The second kappa shape index (κ2) is 7.54. The van der Waals surface area contributed by atoms with E-state index in [9.17, 15) is 13.6 Å². The van der Waals surface area contributed by atoms with Crippen LogP contribution in [0.5, 0.6) is 5.75 Å². The normalized spacial score (nSPS) is 11.2. The standard InChI is InChI=1S/C13H16BrF2NO3/c1-8-5-10(14)6-9(12(8)20-13(15)16)7-17(2)4-3-11(18)19/h5-6,13H,3-4,7H2,1-2H3,(H,18,19). The fraction of sp³-hybridized carbons (Fsp3) is 0.462. The van der Waals surface area contributed by atoms with E-state index in [0.717, 1.165) is 4.47 Å². The molecule has 4 nitrogen and oxygen atoms in total. The third-order valence-corrected chi connectivity index (χ3v) is 3.13. The summed E-state index contributed by atoms with van der Waals surface area (Å²) in [4.78, 5) is 12.3. The lowest BCUT2D eigenvalue weighted by molar-refractivity contribution is -0.137. The van der Waals surface area contributed by atoms with Gasteiger partial charge in [-0.15, -0.1) is 0 Å². The highest BCUT2D eigenvalue weighted by Crippen LogP contribution is 2.30. The first kappa shape index (κ1) is 16.8. The summed E-state index contributed by atoms with van der Waals surface area (Å²) in [5.41, 5.74) is 1.19. The van der Waals surface area contributed by atoms with Gasteiger partial charge in [-0.1, -0.05) is 15.9 Å². The van der Waals surface area contributed by atoms with Crippen LogP contribution in [-0.2, 0) is 11.3 Å². The summed E-state index contributed by atoms with van der Waals surface area (Å²) >= 11 is 3.31. The minimum absolute atomic E-state index is 0.00543. The van der Waals surface area contributed by atoms with Gasteiger partial charge in [0.05, 0.1) is 6.42 Å². The molecular weight excluding hydrogens is 336 g/mol. The molecule has 1 rings (SSSR count). The smallest absolute Gasteiger partial charge is 0.387 e. The van der Waals surface area contributed by atoms with Crippen molar-refractivity contribution in [3.63, 3.8) is 0 Å². The number of hydrogen-bond acceptors (Lipinski definition) is 3. The van der Waals surface area contributed by atoms with Crippen LogP contribution < -0.4 is 4.74 Å². The number of nitrogens with zero attached hydrogens (tertiary/aromatic N) is 1. The van der Waals surface area contributed by atoms with Crippen molar-refractivity contribution in [2.75, 3.05) is 13.6 Å². The van der Waals surface area contributed by atoms with Gasteiger partial charge in [-0.3, -0.25) is 4.79 Å². The van der Waals surface area contributed by atoms with Crippen molar-refractivity contribution in [1.82, 2.24) is 4.90 Å². The van der Waals surface area contributed by atoms with Gasteiger partial charge in [0.15, 0.2) is 0 Å². The van der Waals surface area contributed by atoms with Gasteiger partial charge < -0.3 is 14.7 Å². The van der Waals surface area contributed by atoms with E-state index in [4.69, 9.17) is 5.11 Å². The Balaban J connectivity index is 2.88. The number of alkyl halides is 2. The lowest BCUT2D eigenvalue weighted by atomic mass is 10.1. The molecule has 0 bridgehead atoms. The van der Waals surface area contributed by atoms with Gasteiger partial charge in [0.2, 0.25) is 0 Å². The summed E-state index contributed by atoms with van der Waals surface area (Å²) in [6.45, 7) is -0.550.